The summed E-state index contributed by atoms with van der Waals surface area (Å²) in [4.78, 5) is 11.1. The van der Waals surface area contributed by atoms with Gasteiger partial charge in [0.25, 0.3) is 0 Å². The Bertz CT molecular complexity index is 464. The maximum atomic E-state index is 11.1. The highest BCUT2D eigenvalue weighted by molar-refractivity contribution is 6.32. The molecule has 1 heterocycles. The molecule has 1 aliphatic rings. The van der Waals surface area contributed by atoms with Crippen molar-refractivity contribution in [2.75, 3.05) is 19.9 Å². The smallest absolute Gasteiger partial charge is 0.307 e. The van der Waals surface area contributed by atoms with Crippen molar-refractivity contribution in [2.24, 2.45) is 0 Å². The Morgan fingerprint density at radius 3 is 3.11 bits per heavy atom. The zero-order valence-corrected chi connectivity index (χ0v) is 11.5. The number of fused-ring (bicyclic) bond motifs is 1. The molecule has 0 aromatic heterocycles. The van der Waals surface area contributed by atoms with Crippen LogP contribution in [0.5, 0.6) is 11.5 Å². The second-order valence-electron chi connectivity index (χ2n) is 4.04. The van der Waals surface area contributed by atoms with E-state index in [4.69, 9.17) is 25.8 Å². The summed E-state index contributed by atoms with van der Waals surface area (Å²) >= 11 is 6.07. The van der Waals surface area contributed by atoms with Crippen LogP contribution in [-0.2, 0) is 16.1 Å². The van der Waals surface area contributed by atoms with E-state index in [1.165, 1.54) is 0 Å². The molecule has 6 heteroatoms. The highest BCUT2D eigenvalue weighted by atomic mass is 35.5. The van der Waals surface area contributed by atoms with Gasteiger partial charge < -0.3 is 19.5 Å². The van der Waals surface area contributed by atoms with Crippen molar-refractivity contribution in [2.45, 2.75) is 19.9 Å². The number of benzene rings is 1. The van der Waals surface area contributed by atoms with E-state index in [2.05, 4.69) is 5.32 Å². The van der Waals surface area contributed by atoms with Gasteiger partial charge >= 0.3 is 5.97 Å². The molecule has 19 heavy (non-hydrogen) atoms. The van der Waals surface area contributed by atoms with Gasteiger partial charge in [0.15, 0.2) is 11.5 Å². The second-order valence-corrected chi connectivity index (χ2v) is 4.45. The molecule has 0 bridgehead atoms. The Balaban J connectivity index is 1.81. The van der Waals surface area contributed by atoms with Gasteiger partial charge in [-0.15, -0.1) is 0 Å². The number of esters is 1. The van der Waals surface area contributed by atoms with E-state index in [-0.39, 0.29) is 12.8 Å². The molecule has 0 amide bonds. The lowest BCUT2D eigenvalue weighted by atomic mass is 10.2. The molecule has 0 radical (unpaired) electrons. The van der Waals surface area contributed by atoms with Crippen molar-refractivity contribution < 1.29 is 19.0 Å². The average Bonchev–Trinajstić information content (AvgIpc) is 2.84. The zero-order chi connectivity index (χ0) is 13.7. The monoisotopic (exact) mass is 285 g/mol. The number of hydrogen-bond donors (Lipinski definition) is 1. The van der Waals surface area contributed by atoms with Crippen LogP contribution >= 0.6 is 11.6 Å². The number of halogens is 1. The van der Waals surface area contributed by atoms with Crippen LogP contribution < -0.4 is 14.8 Å². The molecule has 5 nitrogen and oxygen atoms in total. The van der Waals surface area contributed by atoms with Gasteiger partial charge in [0.05, 0.1) is 18.1 Å². The molecule has 0 unspecified atom stereocenters. The number of nitrogens with one attached hydrogen (secondary N) is 1. The van der Waals surface area contributed by atoms with E-state index in [1.807, 2.05) is 12.1 Å². The molecule has 0 spiro atoms. The Morgan fingerprint density at radius 1 is 1.47 bits per heavy atom. The molecule has 0 saturated heterocycles. The SMILES string of the molecule is CCOC(=O)CCNCc1cc(Cl)c2c(c1)OCO2. The molecule has 1 aromatic carbocycles. The van der Waals surface area contributed by atoms with Crippen LogP contribution in [0, 0.1) is 0 Å². The fraction of sp³-hybridized carbons (Fsp3) is 0.462. The van der Waals surface area contributed by atoms with Crippen molar-refractivity contribution in [1.82, 2.24) is 5.32 Å². The minimum Gasteiger partial charge on any atom is -0.466 e. The van der Waals surface area contributed by atoms with Crippen molar-refractivity contribution in [3.63, 3.8) is 0 Å². The van der Waals surface area contributed by atoms with Crippen molar-refractivity contribution in [1.29, 1.82) is 0 Å². The van der Waals surface area contributed by atoms with Gasteiger partial charge in [-0.1, -0.05) is 11.6 Å². The van der Waals surface area contributed by atoms with Crippen molar-refractivity contribution in [3.8, 4) is 11.5 Å². The predicted octanol–water partition coefficient (Wildman–Crippen LogP) is 2.11. The molecule has 1 aromatic rings. The van der Waals surface area contributed by atoms with E-state index in [9.17, 15) is 4.79 Å². The largest absolute Gasteiger partial charge is 0.466 e. The van der Waals surface area contributed by atoms with Gasteiger partial charge in [0, 0.05) is 13.1 Å². The maximum Gasteiger partial charge on any atom is 0.307 e. The highest BCUT2D eigenvalue weighted by Crippen LogP contribution is 2.39. The third-order valence-electron chi connectivity index (χ3n) is 2.63. The van der Waals surface area contributed by atoms with Crippen LogP contribution in [0.4, 0.5) is 0 Å². The first kappa shape index (κ1) is 14.0. The van der Waals surface area contributed by atoms with E-state index in [0.717, 1.165) is 5.56 Å². The van der Waals surface area contributed by atoms with Crippen molar-refractivity contribution in [3.05, 3.63) is 22.7 Å². The first-order valence-electron chi connectivity index (χ1n) is 6.15. The van der Waals surface area contributed by atoms with Crippen LogP contribution in [0.1, 0.15) is 18.9 Å². The molecule has 0 aliphatic carbocycles. The zero-order valence-electron chi connectivity index (χ0n) is 10.7. The third-order valence-corrected chi connectivity index (χ3v) is 2.91. The molecular weight excluding hydrogens is 270 g/mol. The summed E-state index contributed by atoms with van der Waals surface area (Å²) in [7, 11) is 0. The molecule has 1 aliphatic heterocycles. The Morgan fingerprint density at radius 2 is 2.32 bits per heavy atom. The quantitative estimate of drug-likeness (QED) is 0.641. The Hall–Kier alpha value is -1.46. The lowest BCUT2D eigenvalue weighted by Gasteiger charge is -2.07. The summed E-state index contributed by atoms with van der Waals surface area (Å²) in [6.45, 7) is 3.58. The van der Waals surface area contributed by atoms with E-state index in [1.54, 1.807) is 6.92 Å². The number of hydrogen-bond acceptors (Lipinski definition) is 5. The summed E-state index contributed by atoms with van der Waals surface area (Å²) in [5.74, 6) is 1.06. The van der Waals surface area contributed by atoms with Crippen LogP contribution in [-0.4, -0.2) is 25.9 Å². The van der Waals surface area contributed by atoms with E-state index in [0.29, 0.717) is 42.6 Å². The van der Waals surface area contributed by atoms with Crippen LogP contribution in [0.2, 0.25) is 5.02 Å². The normalized spacial score (nSPS) is 12.5. The molecule has 0 atom stereocenters. The summed E-state index contributed by atoms with van der Waals surface area (Å²) in [6, 6.07) is 3.71. The van der Waals surface area contributed by atoms with Gasteiger partial charge in [-0.2, -0.15) is 0 Å². The molecule has 104 valence electrons. The molecule has 1 N–H and O–H groups in total. The summed E-state index contributed by atoms with van der Waals surface area (Å²) < 4.78 is 15.4. The lowest BCUT2D eigenvalue weighted by molar-refractivity contribution is -0.142. The van der Waals surface area contributed by atoms with Gasteiger partial charge in [0.1, 0.15) is 0 Å². The van der Waals surface area contributed by atoms with Gasteiger partial charge in [-0.05, 0) is 24.6 Å². The maximum absolute atomic E-state index is 11.1. The minimum absolute atomic E-state index is 0.196. The van der Waals surface area contributed by atoms with Gasteiger partial charge in [-0.3, -0.25) is 4.79 Å². The number of carbonyl (C=O) groups excluding carboxylic acids is 1. The van der Waals surface area contributed by atoms with E-state index < -0.39 is 0 Å². The Kier molecular flexibility index (Phi) is 4.87. The highest BCUT2D eigenvalue weighted by Gasteiger charge is 2.17. The molecule has 0 fully saturated rings. The lowest BCUT2D eigenvalue weighted by Crippen LogP contribution is -2.19. The fourth-order valence-corrected chi connectivity index (χ4v) is 2.07. The fourth-order valence-electron chi connectivity index (χ4n) is 1.78. The molecular formula is C13H16ClNO4. The van der Waals surface area contributed by atoms with Crippen LogP contribution in [0.25, 0.3) is 0 Å². The number of rotatable bonds is 6. The second kappa shape index (κ2) is 6.63. The average molecular weight is 286 g/mol. The first-order valence-corrected chi connectivity index (χ1v) is 6.53. The summed E-state index contributed by atoms with van der Waals surface area (Å²) in [5.41, 5.74) is 0.984. The van der Waals surface area contributed by atoms with Crippen molar-refractivity contribution >= 4 is 17.6 Å². The summed E-state index contributed by atoms with van der Waals surface area (Å²) in [5, 5.41) is 3.69. The predicted molar refractivity (Wildman–Crippen MR) is 70.5 cm³/mol. The number of ether oxygens (including phenoxy) is 3. The van der Waals surface area contributed by atoms with Gasteiger partial charge in [0.2, 0.25) is 6.79 Å². The standard InChI is InChI=1S/C13H16ClNO4/c1-2-17-12(16)3-4-15-7-9-5-10(14)13-11(6-9)18-8-19-13/h5-6,15H,2-4,7-8H2,1H3. The molecule has 0 saturated carbocycles. The molecule has 2 rings (SSSR count). The first-order chi connectivity index (χ1) is 9.20. The topological polar surface area (TPSA) is 56.8 Å². The van der Waals surface area contributed by atoms with E-state index >= 15 is 0 Å². The minimum atomic E-state index is -0.196. The summed E-state index contributed by atoms with van der Waals surface area (Å²) in [6.07, 6.45) is 0.353. The Labute approximate surface area is 116 Å². The van der Waals surface area contributed by atoms with Gasteiger partial charge in [-0.25, -0.2) is 0 Å². The number of carbonyl (C=O) groups is 1. The van der Waals surface area contributed by atoms with Crippen LogP contribution in [0.3, 0.4) is 0 Å². The van der Waals surface area contributed by atoms with Crippen LogP contribution in [0.15, 0.2) is 12.1 Å². The third kappa shape index (κ3) is 3.75.